The van der Waals surface area contributed by atoms with Gasteiger partial charge in [-0.3, -0.25) is 9.98 Å². The molecular formula is C6H10N2S. The van der Waals surface area contributed by atoms with Crippen LogP contribution in [0.25, 0.3) is 0 Å². The highest BCUT2D eigenvalue weighted by atomic mass is 32.1. The first kappa shape index (κ1) is 6.81. The van der Waals surface area contributed by atoms with Crippen LogP contribution in [-0.2, 0) is 0 Å². The lowest BCUT2D eigenvalue weighted by atomic mass is 10.1. The normalized spacial score (nSPS) is 41.4. The molecule has 0 radical (unpaired) electrons. The van der Waals surface area contributed by atoms with Crippen molar-refractivity contribution in [2.75, 3.05) is 0 Å². The summed E-state index contributed by atoms with van der Waals surface area (Å²) < 4.78 is 0. The predicted molar refractivity (Wildman–Crippen MR) is 43.8 cm³/mol. The topological polar surface area (TPSA) is 24.7 Å². The number of hydrogen-bond donors (Lipinski definition) is 1. The van der Waals surface area contributed by atoms with Crippen molar-refractivity contribution >= 4 is 25.1 Å². The lowest BCUT2D eigenvalue weighted by molar-refractivity contribution is 0.563. The zero-order valence-electron chi connectivity index (χ0n) is 5.57. The van der Waals surface area contributed by atoms with E-state index in [0.29, 0.717) is 0 Å². The average molecular weight is 142 g/mol. The van der Waals surface area contributed by atoms with Gasteiger partial charge in [-0.15, -0.1) is 12.6 Å². The molecule has 0 aromatic heterocycles. The van der Waals surface area contributed by atoms with E-state index in [0.717, 1.165) is 0 Å². The maximum atomic E-state index is 4.30. The van der Waals surface area contributed by atoms with Crippen molar-refractivity contribution < 1.29 is 0 Å². The molecule has 1 rings (SSSR count). The molecule has 0 aromatic rings. The Labute approximate surface area is 60.5 Å². The Kier molecular flexibility index (Phi) is 1.62. The summed E-state index contributed by atoms with van der Waals surface area (Å²) in [5, 5.41) is 0. The maximum absolute atomic E-state index is 4.30. The molecule has 0 saturated heterocycles. The molecule has 0 spiro atoms. The van der Waals surface area contributed by atoms with Crippen molar-refractivity contribution in [2.24, 2.45) is 9.98 Å². The second-order valence-corrected chi connectivity index (χ2v) is 3.25. The molecule has 9 heavy (non-hydrogen) atoms. The first-order valence-electron chi connectivity index (χ1n) is 2.92. The monoisotopic (exact) mass is 142 g/mol. The lowest BCUT2D eigenvalue weighted by Gasteiger charge is -2.24. The van der Waals surface area contributed by atoms with E-state index in [-0.39, 0.29) is 10.9 Å². The number of aliphatic imine (C=N–C) groups is 2. The molecule has 1 heterocycles. The van der Waals surface area contributed by atoms with Gasteiger partial charge in [0.05, 0.1) is 6.04 Å². The van der Waals surface area contributed by atoms with Crippen molar-refractivity contribution in [3.8, 4) is 0 Å². The second kappa shape index (κ2) is 2.14. The molecule has 0 fully saturated rings. The van der Waals surface area contributed by atoms with Gasteiger partial charge in [0.15, 0.2) is 0 Å². The molecule has 1 aliphatic rings. The van der Waals surface area contributed by atoms with Crippen molar-refractivity contribution in [1.82, 2.24) is 0 Å². The minimum absolute atomic E-state index is 0.186. The van der Waals surface area contributed by atoms with Gasteiger partial charge in [-0.25, -0.2) is 0 Å². The van der Waals surface area contributed by atoms with Gasteiger partial charge in [-0.1, -0.05) is 0 Å². The van der Waals surface area contributed by atoms with Crippen LogP contribution in [0.2, 0.25) is 0 Å². The van der Waals surface area contributed by atoms with Crippen LogP contribution in [0, 0.1) is 0 Å². The molecule has 3 heteroatoms. The van der Waals surface area contributed by atoms with E-state index >= 15 is 0 Å². The van der Waals surface area contributed by atoms with Gasteiger partial charge in [-0.2, -0.15) is 0 Å². The van der Waals surface area contributed by atoms with Crippen LogP contribution < -0.4 is 0 Å². The third kappa shape index (κ3) is 1.33. The molecule has 0 amide bonds. The molecule has 2 unspecified atom stereocenters. The third-order valence-electron chi connectivity index (χ3n) is 1.50. The predicted octanol–water partition coefficient (Wildman–Crippen LogP) is 1.18. The quantitative estimate of drug-likeness (QED) is 0.491. The summed E-state index contributed by atoms with van der Waals surface area (Å²) in [7, 11) is 0. The van der Waals surface area contributed by atoms with E-state index in [2.05, 4.69) is 22.6 Å². The molecule has 0 bridgehead atoms. The van der Waals surface area contributed by atoms with Crippen LogP contribution in [0.1, 0.15) is 13.8 Å². The van der Waals surface area contributed by atoms with Crippen LogP contribution >= 0.6 is 12.6 Å². The molecule has 0 saturated carbocycles. The van der Waals surface area contributed by atoms with Crippen molar-refractivity contribution in [3.63, 3.8) is 0 Å². The van der Waals surface area contributed by atoms with E-state index in [1.807, 2.05) is 13.8 Å². The van der Waals surface area contributed by atoms with Gasteiger partial charge < -0.3 is 0 Å². The van der Waals surface area contributed by atoms with Crippen molar-refractivity contribution in [1.29, 1.82) is 0 Å². The van der Waals surface area contributed by atoms with Gasteiger partial charge in [0.25, 0.3) is 0 Å². The highest BCUT2D eigenvalue weighted by Gasteiger charge is 2.25. The summed E-state index contributed by atoms with van der Waals surface area (Å²) in [4.78, 5) is 7.97. The first-order chi connectivity index (χ1) is 4.13. The Morgan fingerprint density at radius 2 is 2.22 bits per heavy atom. The summed E-state index contributed by atoms with van der Waals surface area (Å²) in [6.45, 7) is 3.95. The highest BCUT2D eigenvalue weighted by Crippen LogP contribution is 2.23. The smallest absolute Gasteiger partial charge is 0.122 e. The molecule has 0 aliphatic carbocycles. The Morgan fingerprint density at radius 1 is 1.56 bits per heavy atom. The third-order valence-corrected chi connectivity index (χ3v) is 1.99. The van der Waals surface area contributed by atoms with Gasteiger partial charge >= 0.3 is 0 Å². The summed E-state index contributed by atoms with van der Waals surface area (Å²) >= 11 is 4.30. The number of nitrogens with zero attached hydrogens (tertiary/aromatic N) is 2. The fourth-order valence-electron chi connectivity index (χ4n) is 0.601. The molecule has 50 valence electrons. The molecule has 1 aliphatic heterocycles. The minimum atomic E-state index is -0.297. The molecule has 2 atom stereocenters. The van der Waals surface area contributed by atoms with Gasteiger partial charge in [0.2, 0.25) is 0 Å². The van der Waals surface area contributed by atoms with Gasteiger partial charge in [-0.05, 0) is 13.8 Å². The Hall–Kier alpha value is -0.310. The van der Waals surface area contributed by atoms with Gasteiger partial charge in [0.1, 0.15) is 4.87 Å². The fourth-order valence-corrected chi connectivity index (χ4v) is 0.734. The fraction of sp³-hybridized carbons (Fsp3) is 0.667. The van der Waals surface area contributed by atoms with Crippen molar-refractivity contribution in [3.05, 3.63) is 0 Å². The number of hydrogen-bond acceptors (Lipinski definition) is 3. The van der Waals surface area contributed by atoms with Gasteiger partial charge in [0, 0.05) is 12.4 Å². The van der Waals surface area contributed by atoms with E-state index in [1.165, 1.54) is 0 Å². The van der Waals surface area contributed by atoms with E-state index in [1.54, 1.807) is 12.4 Å². The standard InChI is InChI=1S/C6H10N2S/c1-5-6(2,9)8-4-3-7-5/h3-5,9H,1-2H3. The summed E-state index contributed by atoms with van der Waals surface area (Å²) in [6.07, 6.45) is 3.40. The van der Waals surface area contributed by atoms with E-state index in [9.17, 15) is 0 Å². The lowest BCUT2D eigenvalue weighted by Crippen LogP contribution is -2.30. The SMILES string of the molecule is CC1N=CC=NC1(C)S. The van der Waals surface area contributed by atoms with Crippen LogP contribution in [-0.4, -0.2) is 23.3 Å². The van der Waals surface area contributed by atoms with Crippen LogP contribution in [0.4, 0.5) is 0 Å². The molecule has 2 nitrogen and oxygen atoms in total. The Morgan fingerprint density at radius 3 is 2.56 bits per heavy atom. The summed E-state index contributed by atoms with van der Waals surface area (Å²) in [6, 6.07) is 0.186. The molecule has 0 aromatic carbocycles. The molecular weight excluding hydrogens is 132 g/mol. The zero-order valence-corrected chi connectivity index (χ0v) is 6.47. The second-order valence-electron chi connectivity index (χ2n) is 2.35. The summed E-state index contributed by atoms with van der Waals surface area (Å²) in [5.74, 6) is 0. The zero-order chi connectivity index (χ0) is 6.91. The Bertz CT molecular complexity index is 160. The average Bonchev–Trinajstić information content (AvgIpc) is 1.77. The minimum Gasteiger partial charge on any atom is -0.285 e. The number of thiol groups is 1. The van der Waals surface area contributed by atoms with E-state index in [4.69, 9.17) is 0 Å². The largest absolute Gasteiger partial charge is 0.285 e. The first-order valence-corrected chi connectivity index (χ1v) is 3.37. The van der Waals surface area contributed by atoms with Crippen LogP contribution in [0.5, 0.6) is 0 Å². The van der Waals surface area contributed by atoms with E-state index < -0.39 is 0 Å². The van der Waals surface area contributed by atoms with Crippen molar-refractivity contribution in [2.45, 2.75) is 24.8 Å². The van der Waals surface area contributed by atoms with Crippen LogP contribution in [0.15, 0.2) is 9.98 Å². The van der Waals surface area contributed by atoms with Crippen LogP contribution in [0.3, 0.4) is 0 Å². The maximum Gasteiger partial charge on any atom is 0.122 e. The summed E-state index contributed by atoms with van der Waals surface area (Å²) in [5.41, 5.74) is 0. The molecule has 0 N–H and O–H groups in total. The number of rotatable bonds is 0. The highest BCUT2D eigenvalue weighted by molar-refractivity contribution is 7.81. The Balaban J connectivity index is 2.78.